The molecule has 3 aromatic rings. The maximum Gasteiger partial charge on any atom is 0.264 e. The van der Waals surface area contributed by atoms with E-state index in [2.05, 4.69) is 32.9 Å². The number of para-hydroxylation sites is 1. The van der Waals surface area contributed by atoms with Crippen LogP contribution in [-0.4, -0.2) is 37.7 Å². The van der Waals surface area contributed by atoms with Gasteiger partial charge < -0.3 is 15.1 Å². The van der Waals surface area contributed by atoms with Crippen LogP contribution in [0.2, 0.25) is 0 Å². The normalized spacial score (nSPS) is 18.8. The van der Waals surface area contributed by atoms with Crippen LogP contribution < -0.4 is 4.90 Å². The van der Waals surface area contributed by atoms with E-state index in [4.69, 9.17) is 5.11 Å². The van der Waals surface area contributed by atoms with Gasteiger partial charge in [0.15, 0.2) is 5.60 Å². The van der Waals surface area contributed by atoms with Gasteiger partial charge in [0.25, 0.3) is 5.91 Å². The van der Waals surface area contributed by atoms with Gasteiger partial charge in [0.1, 0.15) is 0 Å². The topological polar surface area (TPSA) is 91.5 Å². The average molecular weight is 558 g/mol. The summed E-state index contributed by atoms with van der Waals surface area (Å²) in [5, 5.41) is 28.7. The number of carbonyl (C=O) groups excluding carboxylic acids is 1. The van der Waals surface area contributed by atoms with Gasteiger partial charge in [-0.15, -0.1) is 5.10 Å². The first-order chi connectivity index (χ1) is 15.9. The summed E-state index contributed by atoms with van der Waals surface area (Å²) in [6.07, 6.45) is 6.86. The minimum atomic E-state index is -1.61. The Morgan fingerprint density at radius 1 is 1.21 bits per heavy atom. The highest BCUT2D eigenvalue weighted by molar-refractivity contribution is 14.1. The number of halogens is 1. The van der Waals surface area contributed by atoms with Crippen LogP contribution in [-0.2, 0) is 29.9 Å². The van der Waals surface area contributed by atoms with Crippen molar-refractivity contribution in [2.45, 2.75) is 38.5 Å². The zero-order valence-corrected chi connectivity index (χ0v) is 20.6. The van der Waals surface area contributed by atoms with Gasteiger partial charge in [0, 0.05) is 40.8 Å². The maximum absolute atomic E-state index is 13.5. The zero-order chi connectivity index (χ0) is 23.4. The van der Waals surface area contributed by atoms with Crippen molar-refractivity contribution in [3.63, 3.8) is 0 Å². The van der Waals surface area contributed by atoms with Crippen molar-refractivity contribution in [3.8, 4) is 0 Å². The summed E-state index contributed by atoms with van der Waals surface area (Å²) in [6.45, 7) is 2.96. The molecule has 1 aromatic heterocycles. The molecule has 2 atom stereocenters. The molecule has 0 radical (unpaired) electrons. The van der Waals surface area contributed by atoms with Crippen molar-refractivity contribution >= 4 is 34.2 Å². The van der Waals surface area contributed by atoms with Gasteiger partial charge in [-0.1, -0.05) is 54.6 Å². The van der Waals surface area contributed by atoms with Crippen molar-refractivity contribution in [3.05, 3.63) is 87.3 Å². The number of aliphatic hydroxyl groups is 2. The first-order valence-electron chi connectivity index (χ1n) is 11.0. The Morgan fingerprint density at radius 2 is 2.03 bits per heavy atom. The van der Waals surface area contributed by atoms with E-state index in [0.29, 0.717) is 31.5 Å². The minimum absolute atomic E-state index is 0.0463. The molecular formula is C25H27IN4O3. The predicted octanol–water partition coefficient (Wildman–Crippen LogP) is 3.43. The Labute approximate surface area is 206 Å². The number of anilines is 1. The molecule has 0 bridgehead atoms. The second-order valence-electron chi connectivity index (χ2n) is 8.26. The molecule has 0 unspecified atom stereocenters. The van der Waals surface area contributed by atoms with Crippen LogP contribution in [0.3, 0.4) is 0 Å². The summed E-state index contributed by atoms with van der Waals surface area (Å²) in [6, 6.07) is 15.5. The number of nitrogens with zero attached hydrogens (tertiary/aromatic N) is 4. The van der Waals surface area contributed by atoms with Crippen molar-refractivity contribution in [1.82, 2.24) is 15.0 Å². The molecule has 1 aliphatic heterocycles. The summed E-state index contributed by atoms with van der Waals surface area (Å²) in [7, 11) is 0. The molecule has 2 N–H and O–H groups in total. The minimum Gasteiger partial charge on any atom is -0.396 e. The van der Waals surface area contributed by atoms with Crippen LogP contribution in [0.4, 0.5) is 5.69 Å². The summed E-state index contributed by atoms with van der Waals surface area (Å²) >= 11 is 2.26. The maximum atomic E-state index is 13.5. The molecule has 4 rings (SSSR count). The van der Waals surface area contributed by atoms with E-state index in [9.17, 15) is 9.90 Å². The highest BCUT2D eigenvalue weighted by atomic mass is 127. The Hall–Kier alpha value is -2.56. The molecule has 1 aliphatic rings. The molecule has 172 valence electrons. The monoisotopic (exact) mass is 558 g/mol. The second kappa shape index (κ2) is 10.1. The number of amides is 1. The molecule has 0 saturated carbocycles. The number of benzene rings is 2. The Kier molecular flexibility index (Phi) is 7.26. The Bertz CT molecular complexity index is 1160. The first-order valence-corrected chi connectivity index (χ1v) is 12.1. The number of aryl methyl sites for hydroxylation is 1. The van der Waals surface area contributed by atoms with E-state index in [1.54, 1.807) is 9.58 Å². The van der Waals surface area contributed by atoms with Gasteiger partial charge in [0.2, 0.25) is 0 Å². The molecule has 0 spiro atoms. The number of rotatable bonds is 9. The summed E-state index contributed by atoms with van der Waals surface area (Å²) in [5.41, 5.74) is 1.55. The zero-order valence-electron chi connectivity index (χ0n) is 18.4. The van der Waals surface area contributed by atoms with E-state index in [0.717, 1.165) is 20.5 Å². The van der Waals surface area contributed by atoms with Gasteiger partial charge >= 0.3 is 0 Å². The lowest BCUT2D eigenvalue weighted by molar-refractivity contribution is -0.139. The number of fused-ring (bicyclic) bond motifs is 1. The fourth-order valence-corrected chi connectivity index (χ4v) is 4.81. The van der Waals surface area contributed by atoms with E-state index in [1.165, 1.54) is 0 Å². The van der Waals surface area contributed by atoms with E-state index < -0.39 is 11.5 Å². The highest BCUT2D eigenvalue weighted by Crippen LogP contribution is 2.45. The number of hydrogen-bond donors (Lipinski definition) is 2. The molecule has 8 heteroatoms. The molecule has 0 fully saturated rings. The van der Waals surface area contributed by atoms with Crippen LogP contribution in [0.25, 0.3) is 0 Å². The summed E-state index contributed by atoms with van der Waals surface area (Å²) in [5.74, 6) is -0.711. The summed E-state index contributed by atoms with van der Waals surface area (Å²) < 4.78 is 2.83. The van der Waals surface area contributed by atoms with E-state index >= 15 is 0 Å². The predicted molar refractivity (Wildman–Crippen MR) is 134 cm³/mol. The van der Waals surface area contributed by atoms with Crippen LogP contribution >= 0.6 is 22.6 Å². The number of hydrogen-bond acceptors (Lipinski definition) is 5. The molecule has 7 nitrogen and oxygen atoms in total. The average Bonchev–Trinajstić information content (AvgIpc) is 3.34. The molecule has 33 heavy (non-hydrogen) atoms. The quantitative estimate of drug-likeness (QED) is 0.310. The van der Waals surface area contributed by atoms with Gasteiger partial charge in [-0.25, -0.2) is 0 Å². The third kappa shape index (κ3) is 4.87. The highest BCUT2D eigenvalue weighted by Gasteiger charge is 2.52. The van der Waals surface area contributed by atoms with E-state index in [-0.39, 0.29) is 12.5 Å². The van der Waals surface area contributed by atoms with Crippen molar-refractivity contribution in [2.75, 3.05) is 11.5 Å². The molecule has 2 aromatic carbocycles. The molecule has 2 heterocycles. The fraction of sp³-hybridized carbons (Fsp3) is 0.320. The number of aliphatic hydroxyl groups excluding tert-OH is 1. The second-order valence-corrected chi connectivity index (χ2v) is 9.50. The number of allylic oxidation sites excluding steroid dienone is 1. The fourth-order valence-electron chi connectivity index (χ4n) is 4.20. The van der Waals surface area contributed by atoms with Gasteiger partial charge in [0.05, 0.1) is 17.9 Å². The molecular weight excluding hydrogens is 531 g/mol. The Balaban J connectivity index is 1.49. The van der Waals surface area contributed by atoms with E-state index in [1.807, 2.05) is 73.8 Å². The van der Waals surface area contributed by atoms with Gasteiger partial charge in [-0.2, -0.15) is 0 Å². The standard InChI is InChI=1S/C25H27IN4O3/c1-18(7-4-5-13-29-17-21(12-14-31)27-28-29)25(33)22-10-2-3-11-23(22)30(24(25)32)16-19-8-6-9-20(26)15-19/h2-4,6-11,15,17-18,31,33H,5,12-14,16H2,1H3/b7-4+/t18-,25+/m0/s1. The third-order valence-corrected chi connectivity index (χ3v) is 6.64. The lowest BCUT2D eigenvalue weighted by Crippen LogP contribution is -2.44. The lowest BCUT2D eigenvalue weighted by Gasteiger charge is -2.27. The van der Waals surface area contributed by atoms with Gasteiger partial charge in [-0.3, -0.25) is 9.48 Å². The van der Waals surface area contributed by atoms with Crippen LogP contribution in [0.1, 0.15) is 30.2 Å². The molecule has 1 amide bonds. The molecule has 0 saturated heterocycles. The lowest BCUT2D eigenvalue weighted by atomic mass is 9.83. The van der Waals surface area contributed by atoms with Crippen molar-refractivity contribution in [2.24, 2.45) is 5.92 Å². The smallest absolute Gasteiger partial charge is 0.264 e. The first kappa shape index (κ1) is 23.6. The van der Waals surface area contributed by atoms with Crippen LogP contribution in [0, 0.1) is 9.49 Å². The number of aromatic nitrogens is 3. The Morgan fingerprint density at radius 3 is 2.82 bits per heavy atom. The SMILES string of the molecule is C[C@@H](/C=C/CCn1cc(CCO)nn1)[C@]1(O)C(=O)N(Cc2cccc(I)c2)c2ccccc21. The third-order valence-electron chi connectivity index (χ3n) is 5.97. The van der Waals surface area contributed by atoms with Crippen LogP contribution in [0.15, 0.2) is 66.9 Å². The largest absolute Gasteiger partial charge is 0.396 e. The summed E-state index contributed by atoms with van der Waals surface area (Å²) in [4.78, 5) is 15.2. The van der Waals surface area contributed by atoms with Crippen molar-refractivity contribution in [1.29, 1.82) is 0 Å². The van der Waals surface area contributed by atoms with Crippen molar-refractivity contribution < 1.29 is 15.0 Å². The van der Waals surface area contributed by atoms with Crippen LogP contribution in [0.5, 0.6) is 0 Å². The van der Waals surface area contributed by atoms with Gasteiger partial charge in [-0.05, 0) is 52.8 Å². The number of carbonyl (C=O) groups is 1. The molecule has 0 aliphatic carbocycles.